The molecule has 0 unspecified atom stereocenters. The van der Waals surface area contributed by atoms with Crippen LogP contribution in [-0.4, -0.2) is 11.1 Å². The summed E-state index contributed by atoms with van der Waals surface area (Å²) in [5.74, 6) is 2.00. The number of hydrogen-bond donors (Lipinski definition) is 1. The van der Waals surface area contributed by atoms with Crippen molar-refractivity contribution >= 4 is 5.97 Å². The molecule has 0 saturated heterocycles. The van der Waals surface area contributed by atoms with Gasteiger partial charge in [-0.05, 0) is 30.6 Å². The Morgan fingerprint density at radius 2 is 1.44 bits per heavy atom. The number of carboxylic acid groups (broad SMARTS) is 1. The van der Waals surface area contributed by atoms with E-state index < -0.39 is 5.97 Å². The van der Waals surface area contributed by atoms with Gasteiger partial charge < -0.3 is 5.11 Å². The minimum atomic E-state index is -0.741. The van der Waals surface area contributed by atoms with Crippen molar-refractivity contribution in [1.82, 2.24) is 0 Å². The monoisotopic (exact) mass is 228 g/mol. The summed E-state index contributed by atoms with van der Waals surface area (Å²) >= 11 is 0. The van der Waals surface area contributed by atoms with Crippen molar-refractivity contribution in [3.05, 3.63) is 0 Å². The Morgan fingerprint density at radius 3 is 1.69 bits per heavy atom. The van der Waals surface area contributed by atoms with Crippen LogP contribution in [0, 0.1) is 23.7 Å². The Morgan fingerprint density at radius 1 is 1.06 bits per heavy atom. The van der Waals surface area contributed by atoms with E-state index in [1.807, 2.05) is 0 Å². The fourth-order valence-corrected chi connectivity index (χ4v) is 1.95. The highest BCUT2D eigenvalue weighted by Gasteiger charge is 2.19. The summed E-state index contributed by atoms with van der Waals surface area (Å²) in [5, 5.41) is 7.99. The maximum absolute atomic E-state index is 9.70. The van der Waals surface area contributed by atoms with E-state index in [1.165, 1.54) is 25.7 Å². The van der Waals surface area contributed by atoms with Crippen LogP contribution in [0.4, 0.5) is 0 Å². The van der Waals surface area contributed by atoms with Gasteiger partial charge in [0.15, 0.2) is 0 Å². The van der Waals surface area contributed by atoms with E-state index in [1.54, 1.807) is 13.8 Å². The molecule has 0 radical (unpaired) electrons. The molecule has 0 amide bonds. The highest BCUT2D eigenvalue weighted by molar-refractivity contribution is 5.68. The minimum absolute atomic E-state index is 0.231. The zero-order valence-corrected chi connectivity index (χ0v) is 11.5. The van der Waals surface area contributed by atoms with E-state index >= 15 is 0 Å². The fourth-order valence-electron chi connectivity index (χ4n) is 1.95. The van der Waals surface area contributed by atoms with Gasteiger partial charge in [0.1, 0.15) is 0 Å². The normalized spacial score (nSPS) is 25.2. The van der Waals surface area contributed by atoms with Gasteiger partial charge in [-0.3, -0.25) is 4.79 Å². The Balaban J connectivity index is 0.000000325. The molecule has 1 fully saturated rings. The van der Waals surface area contributed by atoms with Crippen molar-refractivity contribution < 1.29 is 9.90 Å². The van der Waals surface area contributed by atoms with Crippen LogP contribution in [-0.2, 0) is 4.79 Å². The van der Waals surface area contributed by atoms with E-state index in [2.05, 4.69) is 20.8 Å². The average Bonchev–Trinajstić information content (AvgIpc) is 2.19. The Bertz CT molecular complexity index is 189. The predicted octanol–water partition coefficient (Wildman–Crippen LogP) is 4.20. The molecule has 2 nitrogen and oxygen atoms in total. The topological polar surface area (TPSA) is 37.3 Å². The molecule has 0 bridgehead atoms. The molecular weight excluding hydrogens is 200 g/mol. The second-order valence-corrected chi connectivity index (χ2v) is 5.76. The summed E-state index contributed by atoms with van der Waals surface area (Å²) in [4.78, 5) is 9.70. The molecule has 0 aliphatic heterocycles. The molecule has 0 heterocycles. The third kappa shape index (κ3) is 6.86. The summed E-state index contributed by atoms with van der Waals surface area (Å²) in [7, 11) is 0. The molecule has 2 heteroatoms. The number of hydrogen-bond acceptors (Lipinski definition) is 1. The highest BCUT2D eigenvalue weighted by atomic mass is 16.4. The third-order valence-electron chi connectivity index (χ3n) is 3.50. The maximum atomic E-state index is 9.70. The van der Waals surface area contributed by atoms with E-state index in [0.29, 0.717) is 0 Å². The van der Waals surface area contributed by atoms with Gasteiger partial charge in [0.25, 0.3) is 0 Å². The van der Waals surface area contributed by atoms with E-state index in [4.69, 9.17) is 5.11 Å². The van der Waals surface area contributed by atoms with Crippen molar-refractivity contribution in [3.63, 3.8) is 0 Å². The summed E-state index contributed by atoms with van der Waals surface area (Å²) in [6, 6.07) is 0. The highest BCUT2D eigenvalue weighted by Crippen LogP contribution is 2.32. The molecule has 1 N–H and O–H groups in total. The number of rotatable bonds is 2. The smallest absolute Gasteiger partial charge is 0.305 e. The fraction of sp³-hybridized carbons (Fsp3) is 0.929. The maximum Gasteiger partial charge on any atom is 0.305 e. The van der Waals surface area contributed by atoms with Crippen LogP contribution < -0.4 is 0 Å². The van der Waals surface area contributed by atoms with Crippen molar-refractivity contribution in [2.75, 3.05) is 0 Å². The average molecular weight is 228 g/mol. The van der Waals surface area contributed by atoms with Crippen LogP contribution in [0.1, 0.15) is 60.3 Å². The zero-order chi connectivity index (χ0) is 12.7. The second kappa shape index (κ2) is 7.70. The molecular formula is C14H28O2. The molecule has 16 heavy (non-hydrogen) atoms. The van der Waals surface area contributed by atoms with Crippen molar-refractivity contribution in [2.45, 2.75) is 60.3 Å². The Kier molecular flexibility index (Phi) is 7.44. The lowest BCUT2D eigenvalue weighted by atomic mass is 9.78. The van der Waals surface area contributed by atoms with Crippen LogP contribution in [0.2, 0.25) is 0 Å². The predicted molar refractivity (Wildman–Crippen MR) is 68.4 cm³/mol. The standard InChI is InChI=1S/C10H20.C4H8O2/c1-8(2)10-6-4-9(3)5-7-10;1-3(2)4(5)6/h8-10H,4-7H2,1-3H3;3H,1-2H3,(H,5,6). The SMILES string of the molecule is CC(C)C(=O)O.CC1CCC(C(C)C)CC1. The summed E-state index contributed by atoms with van der Waals surface area (Å²) < 4.78 is 0. The van der Waals surface area contributed by atoms with Gasteiger partial charge in [-0.15, -0.1) is 0 Å². The van der Waals surface area contributed by atoms with Gasteiger partial charge in [-0.1, -0.05) is 47.5 Å². The minimum Gasteiger partial charge on any atom is -0.481 e. The van der Waals surface area contributed by atoms with Crippen LogP contribution in [0.15, 0.2) is 0 Å². The van der Waals surface area contributed by atoms with Crippen LogP contribution in [0.3, 0.4) is 0 Å². The Hall–Kier alpha value is -0.530. The summed E-state index contributed by atoms with van der Waals surface area (Å²) in [6.07, 6.45) is 5.92. The number of aliphatic carboxylic acids is 1. The van der Waals surface area contributed by atoms with Gasteiger partial charge in [-0.25, -0.2) is 0 Å². The van der Waals surface area contributed by atoms with Crippen molar-refractivity contribution in [3.8, 4) is 0 Å². The van der Waals surface area contributed by atoms with E-state index in [9.17, 15) is 4.79 Å². The molecule has 96 valence electrons. The van der Waals surface area contributed by atoms with Crippen molar-refractivity contribution in [2.24, 2.45) is 23.7 Å². The lowest BCUT2D eigenvalue weighted by Crippen LogP contribution is -2.16. The third-order valence-corrected chi connectivity index (χ3v) is 3.50. The van der Waals surface area contributed by atoms with Crippen LogP contribution in [0.5, 0.6) is 0 Å². The van der Waals surface area contributed by atoms with E-state index in [0.717, 1.165) is 17.8 Å². The Labute approximate surface area is 100 Å². The summed E-state index contributed by atoms with van der Waals surface area (Å²) in [5.41, 5.74) is 0. The van der Waals surface area contributed by atoms with E-state index in [-0.39, 0.29) is 5.92 Å². The number of carboxylic acids is 1. The first-order chi connectivity index (χ1) is 7.34. The lowest BCUT2D eigenvalue weighted by molar-refractivity contribution is -0.140. The van der Waals surface area contributed by atoms with Gasteiger partial charge >= 0.3 is 5.97 Å². The first-order valence-electron chi connectivity index (χ1n) is 6.57. The largest absolute Gasteiger partial charge is 0.481 e. The number of carbonyl (C=O) groups is 1. The second-order valence-electron chi connectivity index (χ2n) is 5.76. The lowest BCUT2D eigenvalue weighted by Gasteiger charge is -2.28. The molecule has 1 aliphatic rings. The molecule has 0 aromatic rings. The first kappa shape index (κ1) is 15.5. The van der Waals surface area contributed by atoms with Gasteiger partial charge in [-0.2, -0.15) is 0 Å². The quantitative estimate of drug-likeness (QED) is 0.769. The van der Waals surface area contributed by atoms with Crippen LogP contribution in [0.25, 0.3) is 0 Å². The molecule has 0 spiro atoms. The van der Waals surface area contributed by atoms with Gasteiger partial charge in [0.2, 0.25) is 0 Å². The molecule has 1 aliphatic carbocycles. The first-order valence-corrected chi connectivity index (χ1v) is 6.57. The van der Waals surface area contributed by atoms with Gasteiger partial charge in [0, 0.05) is 0 Å². The van der Waals surface area contributed by atoms with Gasteiger partial charge in [0.05, 0.1) is 5.92 Å². The summed E-state index contributed by atoms with van der Waals surface area (Å²) in [6.45, 7) is 10.4. The molecule has 0 atom stereocenters. The molecule has 0 aromatic heterocycles. The molecule has 1 rings (SSSR count). The zero-order valence-electron chi connectivity index (χ0n) is 11.5. The molecule has 0 aromatic carbocycles. The van der Waals surface area contributed by atoms with Crippen LogP contribution >= 0.6 is 0 Å². The van der Waals surface area contributed by atoms with Crippen molar-refractivity contribution in [1.29, 1.82) is 0 Å². The molecule has 1 saturated carbocycles.